The number of benzene rings is 1. The smallest absolute Gasteiger partial charge is 0.384 e. The number of allylic oxidation sites excluding steroid dienone is 1. The lowest BCUT2D eigenvalue weighted by molar-refractivity contribution is -0.141. The van der Waals surface area contributed by atoms with E-state index in [2.05, 4.69) is 20.6 Å². The Morgan fingerprint density at radius 1 is 1.07 bits per heavy atom. The first-order valence-corrected chi connectivity index (χ1v) is 8.57. The lowest BCUT2D eigenvalue weighted by Gasteiger charge is -2.10. The van der Waals surface area contributed by atoms with Crippen LogP contribution < -0.4 is 10.6 Å². The molecule has 0 spiro atoms. The Balaban J connectivity index is 1.88. The number of carbonyl (C=O) groups is 1. The highest BCUT2D eigenvalue weighted by molar-refractivity contribution is 6.05. The van der Waals surface area contributed by atoms with Gasteiger partial charge in [-0.2, -0.15) is 13.2 Å². The molecule has 0 aliphatic carbocycles. The lowest BCUT2D eigenvalue weighted by atomic mass is 10.1. The highest BCUT2D eigenvalue weighted by Crippen LogP contribution is 2.30. The van der Waals surface area contributed by atoms with Crippen LogP contribution in [0, 0.1) is 11.2 Å². The number of fused-ring (bicyclic) bond motifs is 1. The molecular weight excluding hydrogens is 402 g/mol. The molecule has 2 heterocycles. The van der Waals surface area contributed by atoms with Gasteiger partial charge in [0.15, 0.2) is 0 Å². The molecule has 3 rings (SSSR count). The molecule has 0 unspecified atom stereocenters. The first-order chi connectivity index (χ1) is 14.2. The van der Waals surface area contributed by atoms with Crippen LogP contribution in [-0.4, -0.2) is 29.1 Å². The van der Waals surface area contributed by atoms with E-state index in [0.717, 1.165) is 18.3 Å². The quantitative estimate of drug-likeness (QED) is 0.331. The SMILES string of the molecule is CN/C(=C\C=N)C(=O)Nc1ccc(-c2ccc3nc(C(F)(F)F)ccc3n2)cc1F. The van der Waals surface area contributed by atoms with Crippen LogP contribution in [0.1, 0.15) is 5.69 Å². The van der Waals surface area contributed by atoms with Crippen molar-refractivity contribution in [1.82, 2.24) is 15.3 Å². The zero-order valence-electron chi connectivity index (χ0n) is 15.5. The first kappa shape index (κ1) is 20.9. The molecule has 0 atom stereocenters. The largest absolute Gasteiger partial charge is 0.433 e. The molecule has 0 aliphatic heterocycles. The molecule has 6 nitrogen and oxygen atoms in total. The van der Waals surface area contributed by atoms with Crippen molar-refractivity contribution in [2.24, 2.45) is 0 Å². The molecule has 0 fully saturated rings. The summed E-state index contributed by atoms with van der Waals surface area (Å²) in [4.78, 5) is 19.9. The molecule has 3 aromatic rings. The van der Waals surface area contributed by atoms with E-state index in [4.69, 9.17) is 5.41 Å². The molecule has 2 aromatic heterocycles. The van der Waals surface area contributed by atoms with Crippen molar-refractivity contribution in [1.29, 1.82) is 5.41 Å². The molecule has 1 amide bonds. The number of nitrogens with one attached hydrogen (secondary N) is 3. The van der Waals surface area contributed by atoms with E-state index in [1.165, 1.54) is 43.5 Å². The second kappa shape index (κ2) is 8.27. The molecule has 154 valence electrons. The number of amides is 1. The van der Waals surface area contributed by atoms with Gasteiger partial charge in [-0.15, -0.1) is 0 Å². The predicted octanol–water partition coefficient (Wildman–Crippen LogP) is 4.15. The zero-order valence-corrected chi connectivity index (χ0v) is 15.5. The van der Waals surface area contributed by atoms with Crippen molar-refractivity contribution >= 4 is 28.8 Å². The number of likely N-dealkylation sites (N-methyl/N-ethyl adjacent to an activating group) is 1. The second-order valence-corrected chi connectivity index (χ2v) is 6.07. The first-order valence-electron chi connectivity index (χ1n) is 8.57. The van der Waals surface area contributed by atoms with Gasteiger partial charge >= 0.3 is 6.18 Å². The van der Waals surface area contributed by atoms with Crippen molar-refractivity contribution < 1.29 is 22.4 Å². The Bertz CT molecular complexity index is 1160. The maximum absolute atomic E-state index is 14.5. The van der Waals surface area contributed by atoms with Crippen LogP contribution in [0.3, 0.4) is 0 Å². The topological polar surface area (TPSA) is 90.8 Å². The standard InChI is InChI=1S/C20H15F4N5O/c1-26-17(8-9-25)19(30)29-14-3-2-11(10-12(14)21)13-4-5-16-15(27-13)6-7-18(28-16)20(22,23)24/h2-10,25-26H,1H3,(H,29,30)/b17-8-,25-9?. The predicted molar refractivity (Wildman–Crippen MR) is 104 cm³/mol. The van der Waals surface area contributed by atoms with Crippen LogP contribution in [-0.2, 0) is 11.0 Å². The normalized spacial score (nSPS) is 12.0. The van der Waals surface area contributed by atoms with Crippen LogP contribution in [0.2, 0.25) is 0 Å². The average Bonchev–Trinajstić information content (AvgIpc) is 2.71. The number of alkyl halides is 3. The van der Waals surface area contributed by atoms with E-state index in [9.17, 15) is 22.4 Å². The van der Waals surface area contributed by atoms with Gasteiger partial charge in [0.05, 0.1) is 22.4 Å². The van der Waals surface area contributed by atoms with Crippen LogP contribution in [0.5, 0.6) is 0 Å². The Morgan fingerprint density at radius 3 is 2.40 bits per heavy atom. The molecule has 30 heavy (non-hydrogen) atoms. The Hall–Kier alpha value is -3.82. The number of aromatic nitrogens is 2. The number of nitrogens with zero attached hydrogens (tertiary/aromatic N) is 2. The maximum Gasteiger partial charge on any atom is 0.433 e. The summed E-state index contributed by atoms with van der Waals surface area (Å²) in [6.07, 6.45) is -2.42. The van der Waals surface area contributed by atoms with Crippen molar-refractivity contribution in [2.45, 2.75) is 6.18 Å². The van der Waals surface area contributed by atoms with E-state index < -0.39 is 23.6 Å². The minimum atomic E-state index is -4.56. The minimum Gasteiger partial charge on any atom is -0.384 e. The maximum atomic E-state index is 14.5. The van der Waals surface area contributed by atoms with E-state index in [-0.39, 0.29) is 22.4 Å². The van der Waals surface area contributed by atoms with Crippen LogP contribution >= 0.6 is 0 Å². The van der Waals surface area contributed by atoms with Gasteiger partial charge in [0.1, 0.15) is 17.2 Å². The Labute approximate surface area is 168 Å². The molecule has 0 saturated carbocycles. The second-order valence-electron chi connectivity index (χ2n) is 6.07. The highest BCUT2D eigenvalue weighted by Gasteiger charge is 2.32. The number of carbonyl (C=O) groups excluding carboxylic acids is 1. The van der Waals surface area contributed by atoms with E-state index in [1.54, 1.807) is 0 Å². The summed E-state index contributed by atoms with van der Waals surface area (Å²) >= 11 is 0. The lowest BCUT2D eigenvalue weighted by Crippen LogP contribution is -2.23. The number of rotatable bonds is 5. The summed E-state index contributed by atoms with van der Waals surface area (Å²) < 4.78 is 52.8. The molecule has 10 heteroatoms. The molecule has 3 N–H and O–H groups in total. The molecule has 0 bridgehead atoms. The fourth-order valence-electron chi connectivity index (χ4n) is 2.65. The number of hydrogen-bond acceptors (Lipinski definition) is 5. The summed E-state index contributed by atoms with van der Waals surface area (Å²) in [5, 5.41) is 12.0. The molecular formula is C20H15F4N5O. The van der Waals surface area contributed by atoms with Crippen LogP contribution in [0.15, 0.2) is 54.2 Å². The fraction of sp³-hybridized carbons (Fsp3) is 0.100. The van der Waals surface area contributed by atoms with Gasteiger partial charge in [-0.25, -0.2) is 14.4 Å². The summed E-state index contributed by atoms with van der Waals surface area (Å²) in [6, 6.07) is 8.87. The van der Waals surface area contributed by atoms with Gasteiger partial charge in [0.2, 0.25) is 0 Å². The monoisotopic (exact) mass is 417 g/mol. The van der Waals surface area contributed by atoms with Gasteiger partial charge in [0.25, 0.3) is 5.91 Å². The number of pyridine rings is 2. The van der Waals surface area contributed by atoms with Crippen molar-refractivity contribution in [3.8, 4) is 11.3 Å². The number of anilines is 1. The number of halogens is 4. The summed E-state index contributed by atoms with van der Waals surface area (Å²) in [5.41, 5.74) is -0.0166. The minimum absolute atomic E-state index is 0.0653. The van der Waals surface area contributed by atoms with E-state index >= 15 is 0 Å². The molecule has 1 aromatic carbocycles. The van der Waals surface area contributed by atoms with Crippen molar-refractivity contribution in [3.05, 3.63) is 65.7 Å². The highest BCUT2D eigenvalue weighted by atomic mass is 19.4. The van der Waals surface area contributed by atoms with Gasteiger partial charge in [-0.3, -0.25) is 4.79 Å². The third-order valence-electron chi connectivity index (χ3n) is 4.11. The zero-order chi connectivity index (χ0) is 21.9. The third kappa shape index (κ3) is 4.43. The van der Waals surface area contributed by atoms with Crippen molar-refractivity contribution in [2.75, 3.05) is 12.4 Å². The molecule has 0 saturated heterocycles. The summed E-state index contributed by atoms with van der Waals surface area (Å²) in [7, 11) is 1.49. The van der Waals surface area contributed by atoms with Gasteiger partial charge in [-0.05, 0) is 42.5 Å². The van der Waals surface area contributed by atoms with Crippen LogP contribution in [0.4, 0.5) is 23.2 Å². The Morgan fingerprint density at radius 2 is 1.77 bits per heavy atom. The van der Waals surface area contributed by atoms with Crippen molar-refractivity contribution in [3.63, 3.8) is 0 Å². The molecule has 0 radical (unpaired) electrons. The van der Waals surface area contributed by atoms with Gasteiger partial charge in [0, 0.05) is 18.8 Å². The average molecular weight is 417 g/mol. The van der Waals surface area contributed by atoms with E-state index in [1.807, 2.05) is 0 Å². The molecule has 0 aliphatic rings. The van der Waals surface area contributed by atoms with Gasteiger partial charge < -0.3 is 16.0 Å². The van der Waals surface area contributed by atoms with Crippen LogP contribution in [0.25, 0.3) is 22.3 Å². The third-order valence-corrected chi connectivity index (χ3v) is 4.11. The summed E-state index contributed by atoms with van der Waals surface area (Å²) in [6.45, 7) is 0. The number of hydrogen-bond donors (Lipinski definition) is 3. The fourth-order valence-corrected chi connectivity index (χ4v) is 2.65. The van der Waals surface area contributed by atoms with E-state index in [0.29, 0.717) is 11.3 Å². The Kier molecular flexibility index (Phi) is 5.77. The van der Waals surface area contributed by atoms with Gasteiger partial charge in [-0.1, -0.05) is 6.07 Å². The summed E-state index contributed by atoms with van der Waals surface area (Å²) in [5.74, 6) is -1.35.